The molecule has 1 aromatic heterocycles. The first kappa shape index (κ1) is 14.0. The van der Waals surface area contributed by atoms with Crippen molar-refractivity contribution in [2.75, 3.05) is 11.5 Å². The predicted molar refractivity (Wildman–Crippen MR) is 70.5 cm³/mol. The molecular formula is C13H17NO4S. The lowest BCUT2D eigenvalue weighted by Crippen LogP contribution is -2.23. The number of sulfone groups is 1. The van der Waals surface area contributed by atoms with Crippen molar-refractivity contribution in [2.45, 2.75) is 25.7 Å². The molecule has 6 heteroatoms. The zero-order chi connectivity index (χ0) is 13.9. The van der Waals surface area contributed by atoms with Gasteiger partial charge in [-0.05, 0) is 30.4 Å². The van der Waals surface area contributed by atoms with Crippen molar-refractivity contribution >= 4 is 15.8 Å². The van der Waals surface area contributed by atoms with Crippen LogP contribution >= 0.6 is 0 Å². The average molecular weight is 283 g/mol. The Kier molecular flexibility index (Phi) is 3.89. The highest BCUT2D eigenvalue weighted by Crippen LogP contribution is 2.49. The summed E-state index contributed by atoms with van der Waals surface area (Å²) >= 11 is 0. The van der Waals surface area contributed by atoms with Gasteiger partial charge in [0.1, 0.15) is 0 Å². The van der Waals surface area contributed by atoms with E-state index in [1.807, 2.05) is 6.07 Å². The Hall–Kier alpha value is -1.43. The zero-order valence-electron chi connectivity index (χ0n) is 10.6. The third-order valence-electron chi connectivity index (χ3n) is 3.40. The van der Waals surface area contributed by atoms with Crippen molar-refractivity contribution in [2.24, 2.45) is 5.41 Å². The van der Waals surface area contributed by atoms with Crippen LogP contribution in [0, 0.1) is 5.41 Å². The maximum atomic E-state index is 12.0. The van der Waals surface area contributed by atoms with Crippen LogP contribution in [0.1, 0.15) is 25.0 Å². The van der Waals surface area contributed by atoms with E-state index in [0.717, 1.165) is 5.69 Å². The van der Waals surface area contributed by atoms with E-state index < -0.39 is 21.2 Å². The first-order valence-electron chi connectivity index (χ1n) is 6.23. The molecule has 0 saturated heterocycles. The topological polar surface area (TPSA) is 84.3 Å². The van der Waals surface area contributed by atoms with Crippen LogP contribution in [0.3, 0.4) is 0 Å². The summed E-state index contributed by atoms with van der Waals surface area (Å²) in [7, 11) is -3.22. The molecule has 1 fully saturated rings. The number of carboxylic acids is 1. The number of aliphatic carboxylic acids is 1. The van der Waals surface area contributed by atoms with Gasteiger partial charge >= 0.3 is 5.97 Å². The molecule has 0 spiro atoms. The number of hydrogen-bond acceptors (Lipinski definition) is 4. The molecule has 0 aromatic carbocycles. The van der Waals surface area contributed by atoms with Gasteiger partial charge in [0, 0.05) is 18.3 Å². The fraction of sp³-hybridized carbons (Fsp3) is 0.538. The first-order valence-corrected chi connectivity index (χ1v) is 8.05. The Labute approximate surface area is 112 Å². The Bertz CT molecular complexity index is 549. The van der Waals surface area contributed by atoms with Crippen LogP contribution in [-0.4, -0.2) is 36.0 Å². The second kappa shape index (κ2) is 5.28. The van der Waals surface area contributed by atoms with Crippen molar-refractivity contribution < 1.29 is 18.3 Å². The number of hydrogen-bond donors (Lipinski definition) is 1. The third-order valence-corrected chi connectivity index (χ3v) is 5.28. The normalized spacial score (nSPS) is 17.1. The third kappa shape index (κ3) is 4.31. The van der Waals surface area contributed by atoms with Gasteiger partial charge in [-0.25, -0.2) is 8.42 Å². The van der Waals surface area contributed by atoms with Crippen LogP contribution in [0.5, 0.6) is 0 Å². The van der Waals surface area contributed by atoms with E-state index in [9.17, 15) is 13.2 Å². The summed E-state index contributed by atoms with van der Waals surface area (Å²) in [6, 6.07) is 5.39. The van der Waals surface area contributed by atoms with E-state index in [2.05, 4.69) is 4.98 Å². The molecule has 1 heterocycles. The fourth-order valence-corrected chi connectivity index (χ4v) is 4.20. The van der Waals surface area contributed by atoms with Gasteiger partial charge in [-0.2, -0.15) is 0 Å². The van der Waals surface area contributed by atoms with Crippen molar-refractivity contribution in [3.63, 3.8) is 0 Å². The summed E-state index contributed by atoms with van der Waals surface area (Å²) < 4.78 is 24.0. The van der Waals surface area contributed by atoms with Crippen LogP contribution in [0.15, 0.2) is 24.4 Å². The van der Waals surface area contributed by atoms with Crippen molar-refractivity contribution in [1.29, 1.82) is 0 Å². The van der Waals surface area contributed by atoms with Crippen molar-refractivity contribution in [3.8, 4) is 0 Å². The van der Waals surface area contributed by atoms with Gasteiger partial charge in [0.15, 0.2) is 9.84 Å². The first-order chi connectivity index (χ1) is 8.91. The van der Waals surface area contributed by atoms with E-state index in [-0.39, 0.29) is 17.9 Å². The Balaban J connectivity index is 1.91. The predicted octanol–water partition coefficient (Wildman–Crippen LogP) is 1.29. The standard InChI is InChI=1S/C13H17NO4S/c15-12(16)9-13(5-6-13)10-19(17,18)8-4-11-3-1-2-7-14-11/h1-3,7H,4-6,8-10H2,(H,15,16). The fourth-order valence-electron chi connectivity index (χ4n) is 2.21. The second-order valence-electron chi connectivity index (χ2n) is 5.23. The molecule has 19 heavy (non-hydrogen) atoms. The number of pyridine rings is 1. The van der Waals surface area contributed by atoms with Gasteiger partial charge in [-0.1, -0.05) is 6.07 Å². The van der Waals surface area contributed by atoms with Gasteiger partial charge in [0.05, 0.1) is 17.9 Å². The van der Waals surface area contributed by atoms with Crippen molar-refractivity contribution in [1.82, 2.24) is 4.98 Å². The Morgan fingerprint density at radius 1 is 1.37 bits per heavy atom. The molecule has 1 aliphatic carbocycles. The maximum Gasteiger partial charge on any atom is 0.303 e. The van der Waals surface area contributed by atoms with Crippen LogP contribution < -0.4 is 0 Å². The minimum atomic E-state index is -3.22. The summed E-state index contributed by atoms with van der Waals surface area (Å²) in [5.74, 6) is -0.901. The van der Waals surface area contributed by atoms with Crippen molar-refractivity contribution in [3.05, 3.63) is 30.1 Å². The maximum absolute atomic E-state index is 12.0. The highest BCUT2D eigenvalue weighted by Gasteiger charge is 2.47. The van der Waals surface area contributed by atoms with Gasteiger partial charge in [-0.3, -0.25) is 9.78 Å². The molecule has 1 N–H and O–H groups in total. The molecule has 1 aliphatic rings. The Morgan fingerprint density at radius 3 is 2.63 bits per heavy atom. The molecule has 1 saturated carbocycles. The molecule has 5 nitrogen and oxygen atoms in total. The molecule has 0 radical (unpaired) electrons. The van der Waals surface area contributed by atoms with Gasteiger partial charge < -0.3 is 5.11 Å². The number of aromatic nitrogens is 1. The lowest BCUT2D eigenvalue weighted by molar-refractivity contribution is -0.138. The molecule has 0 bridgehead atoms. The zero-order valence-corrected chi connectivity index (χ0v) is 11.4. The summed E-state index contributed by atoms with van der Waals surface area (Å²) in [6.45, 7) is 0. The molecule has 1 aromatic rings. The number of carbonyl (C=O) groups is 1. The number of nitrogens with zero attached hydrogens (tertiary/aromatic N) is 1. The van der Waals surface area contributed by atoms with Crippen LogP contribution in [0.2, 0.25) is 0 Å². The average Bonchev–Trinajstić information content (AvgIpc) is 3.05. The summed E-state index contributed by atoms with van der Waals surface area (Å²) in [6.07, 6.45) is 3.36. The lowest BCUT2D eigenvalue weighted by atomic mass is 10.1. The summed E-state index contributed by atoms with van der Waals surface area (Å²) in [4.78, 5) is 14.8. The van der Waals surface area contributed by atoms with Crippen LogP contribution in [0.25, 0.3) is 0 Å². The molecule has 0 amide bonds. The highest BCUT2D eigenvalue weighted by molar-refractivity contribution is 7.91. The number of rotatable bonds is 7. The molecule has 2 rings (SSSR count). The van der Waals surface area contributed by atoms with E-state index in [1.54, 1.807) is 18.3 Å². The largest absolute Gasteiger partial charge is 0.481 e. The van der Waals surface area contributed by atoms with E-state index >= 15 is 0 Å². The van der Waals surface area contributed by atoms with E-state index in [4.69, 9.17) is 5.11 Å². The number of carboxylic acid groups (broad SMARTS) is 1. The summed E-state index contributed by atoms with van der Waals surface area (Å²) in [5, 5.41) is 8.79. The molecule has 0 atom stereocenters. The minimum absolute atomic E-state index is 0.0147. The molecular weight excluding hydrogens is 266 g/mol. The molecule has 0 unspecified atom stereocenters. The van der Waals surface area contributed by atoms with Crippen LogP contribution in [0.4, 0.5) is 0 Å². The van der Waals surface area contributed by atoms with E-state index in [1.165, 1.54) is 0 Å². The number of aryl methyl sites for hydroxylation is 1. The lowest BCUT2D eigenvalue weighted by Gasteiger charge is -2.12. The highest BCUT2D eigenvalue weighted by atomic mass is 32.2. The monoisotopic (exact) mass is 283 g/mol. The minimum Gasteiger partial charge on any atom is -0.481 e. The summed E-state index contributed by atoms with van der Waals surface area (Å²) in [5.41, 5.74) is 0.239. The van der Waals surface area contributed by atoms with Gasteiger partial charge in [-0.15, -0.1) is 0 Å². The van der Waals surface area contributed by atoms with Gasteiger partial charge in [0.2, 0.25) is 0 Å². The quantitative estimate of drug-likeness (QED) is 0.815. The van der Waals surface area contributed by atoms with Crippen LogP contribution in [-0.2, 0) is 21.1 Å². The second-order valence-corrected chi connectivity index (χ2v) is 7.42. The smallest absolute Gasteiger partial charge is 0.303 e. The SMILES string of the molecule is O=C(O)CC1(CS(=O)(=O)CCc2ccccn2)CC1. The molecule has 0 aliphatic heterocycles. The Morgan fingerprint density at radius 2 is 2.11 bits per heavy atom. The van der Waals surface area contributed by atoms with E-state index in [0.29, 0.717) is 19.3 Å². The van der Waals surface area contributed by atoms with Gasteiger partial charge in [0.25, 0.3) is 0 Å². The molecule has 104 valence electrons.